The van der Waals surface area contributed by atoms with Gasteiger partial charge in [-0.3, -0.25) is 0 Å². The van der Waals surface area contributed by atoms with Crippen molar-refractivity contribution in [3.8, 4) is 66.8 Å². The van der Waals surface area contributed by atoms with Crippen molar-refractivity contribution in [1.29, 1.82) is 0 Å². The van der Waals surface area contributed by atoms with E-state index in [4.69, 9.17) is 0 Å². The Hall–Kier alpha value is -5.74. The summed E-state index contributed by atoms with van der Waals surface area (Å²) >= 11 is 0. The maximum Gasteiger partial charge on any atom is 0.115 e. The molecule has 2 heterocycles. The van der Waals surface area contributed by atoms with E-state index in [1.807, 2.05) is 24.8 Å². The van der Waals surface area contributed by atoms with Gasteiger partial charge < -0.3 is 0 Å². The van der Waals surface area contributed by atoms with E-state index in [2.05, 4.69) is 143 Å². The van der Waals surface area contributed by atoms with Crippen LogP contribution < -0.4 is 0 Å². The summed E-state index contributed by atoms with van der Waals surface area (Å²) in [5, 5.41) is 0. The van der Waals surface area contributed by atoms with Crippen LogP contribution in [0.15, 0.2) is 147 Å². The fourth-order valence-corrected chi connectivity index (χ4v) is 6.66. The van der Waals surface area contributed by atoms with E-state index >= 15 is 0 Å². The van der Waals surface area contributed by atoms with Crippen molar-refractivity contribution < 1.29 is 0 Å². The lowest BCUT2D eigenvalue weighted by atomic mass is 9.81. The van der Waals surface area contributed by atoms with Gasteiger partial charge in [0.15, 0.2) is 0 Å². The minimum atomic E-state index is -0.0288. The van der Waals surface area contributed by atoms with Crippen molar-refractivity contribution in [3.63, 3.8) is 0 Å². The quantitative estimate of drug-likeness (QED) is 0.204. The molecular weight excluding hydrogens is 548 g/mol. The topological polar surface area (TPSA) is 51.6 Å². The SMILES string of the molecule is CC1(C)c2ccccc2-c2ccc(-c3cccc(-c4cccc(-c5cc(-c6cncnc6)cc(-c6cncnc6)c5)c4)c3)cc21. The third-order valence-corrected chi connectivity index (χ3v) is 9.03. The van der Waals surface area contributed by atoms with Gasteiger partial charge in [-0.2, -0.15) is 0 Å². The lowest BCUT2D eigenvalue weighted by Crippen LogP contribution is -2.14. The van der Waals surface area contributed by atoms with Crippen LogP contribution in [0.5, 0.6) is 0 Å². The summed E-state index contributed by atoms with van der Waals surface area (Å²) in [6.45, 7) is 4.67. The van der Waals surface area contributed by atoms with Crippen molar-refractivity contribution in [1.82, 2.24) is 19.9 Å². The highest BCUT2D eigenvalue weighted by Gasteiger charge is 2.35. The molecule has 4 nitrogen and oxygen atoms in total. The Morgan fingerprint density at radius 1 is 0.356 bits per heavy atom. The molecular formula is C41H30N4. The van der Waals surface area contributed by atoms with Crippen LogP contribution in [0.25, 0.3) is 66.8 Å². The zero-order valence-corrected chi connectivity index (χ0v) is 25.1. The molecule has 0 saturated carbocycles. The van der Waals surface area contributed by atoms with E-state index in [0.29, 0.717) is 0 Å². The molecule has 0 N–H and O–H groups in total. The first kappa shape index (κ1) is 26.9. The van der Waals surface area contributed by atoms with E-state index in [1.165, 1.54) is 44.5 Å². The zero-order chi connectivity index (χ0) is 30.4. The van der Waals surface area contributed by atoms with Gasteiger partial charge >= 0.3 is 0 Å². The number of benzene rings is 5. The molecule has 0 unspecified atom stereocenters. The normalized spacial score (nSPS) is 12.8. The second kappa shape index (κ2) is 10.8. The molecule has 0 atom stereocenters. The Morgan fingerprint density at radius 2 is 0.778 bits per heavy atom. The highest BCUT2D eigenvalue weighted by atomic mass is 14.8. The Kier molecular flexibility index (Phi) is 6.42. The molecule has 1 aliphatic rings. The smallest absolute Gasteiger partial charge is 0.115 e. The first-order valence-corrected chi connectivity index (χ1v) is 15.2. The number of aromatic nitrogens is 4. The summed E-state index contributed by atoms with van der Waals surface area (Å²) in [4.78, 5) is 17.0. The fourth-order valence-electron chi connectivity index (χ4n) is 6.66. The Bertz CT molecular complexity index is 2130. The lowest BCUT2D eigenvalue weighted by molar-refractivity contribution is 0.660. The van der Waals surface area contributed by atoms with Crippen molar-refractivity contribution in [2.45, 2.75) is 19.3 Å². The number of fused-ring (bicyclic) bond motifs is 3. The molecule has 1 aliphatic carbocycles. The summed E-state index contributed by atoms with van der Waals surface area (Å²) in [6.07, 6.45) is 10.5. The second-order valence-electron chi connectivity index (χ2n) is 12.1. The molecule has 7 aromatic rings. The predicted octanol–water partition coefficient (Wildman–Crippen LogP) is 9.91. The Balaban J connectivity index is 1.18. The molecule has 5 aromatic carbocycles. The van der Waals surface area contributed by atoms with Gasteiger partial charge in [0.1, 0.15) is 12.7 Å². The van der Waals surface area contributed by atoms with Crippen LogP contribution in [0, 0.1) is 0 Å². The van der Waals surface area contributed by atoms with Crippen molar-refractivity contribution >= 4 is 0 Å². The standard InChI is InChI=1S/C41H30N4/c1-41(2)39-12-4-3-11-37(39)38-14-13-31(20-40(38)41)29-9-5-7-27(15-29)28-8-6-10-30(16-28)32-17-33(35-21-42-25-43-22-35)19-34(18-32)36-23-44-26-45-24-36/h3-26H,1-2H3. The number of hydrogen-bond acceptors (Lipinski definition) is 4. The molecule has 214 valence electrons. The van der Waals surface area contributed by atoms with Crippen LogP contribution in [0.3, 0.4) is 0 Å². The van der Waals surface area contributed by atoms with Crippen LogP contribution in [-0.4, -0.2) is 19.9 Å². The Morgan fingerprint density at radius 3 is 1.33 bits per heavy atom. The average molecular weight is 579 g/mol. The van der Waals surface area contributed by atoms with Crippen molar-refractivity contribution in [3.05, 3.63) is 158 Å². The van der Waals surface area contributed by atoms with Gasteiger partial charge in [-0.25, -0.2) is 19.9 Å². The third kappa shape index (κ3) is 4.81. The van der Waals surface area contributed by atoms with E-state index in [1.54, 1.807) is 12.7 Å². The number of rotatable bonds is 5. The van der Waals surface area contributed by atoms with E-state index in [9.17, 15) is 0 Å². The average Bonchev–Trinajstić information content (AvgIpc) is 3.34. The van der Waals surface area contributed by atoms with Crippen LogP contribution in [0.1, 0.15) is 25.0 Å². The molecule has 0 amide bonds. The molecule has 0 saturated heterocycles. The number of nitrogens with zero attached hydrogens (tertiary/aromatic N) is 4. The lowest BCUT2D eigenvalue weighted by Gasteiger charge is -2.22. The van der Waals surface area contributed by atoms with Gasteiger partial charge in [0.25, 0.3) is 0 Å². The molecule has 45 heavy (non-hydrogen) atoms. The molecule has 0 radical (unpaired) electrons. The van der Waals surface area contributed by atoms with Gasteiger partial charge in [-0.15, -0.1) is 0 Å². The molecule has 0 bridgehead atoms. The molecule has 0 spiro atoms. The molecule has 2 aromatic heterocycles. The summed E-state index contributed by atoms with van der Waals surface area (Å²) in [5.74, 6) is 0. The van der Waals surface area contributed by atoms with E-state index in [-0.39, 0.29) is 5.41 Å². The third-order valence-electron chi connectivity index (χ3n) is 9.03. The van der Waals surface area contributed by atoms with Crippen LogP contribution in [-0.2, 0) is 5.41 Å². The Labute approximate surface area is 263 Å². The van der Waals surface area contributed by atoms with Gasteiger partial charge in [0.2, 0.25) is 0 Å². The minimum absolute atomic E-state index is 0.0288. The second-order valence-corrected chi connectivity index (χ2v) is 12.1. The largest absolute Gasteiger partial charge is 0.244 e. The van der Waals surface area contributed by atoms with Crippen molar-refractivity contribution in [2.24, 2.45) is 0 Å². The van der Waals surface area contributed by atoms with Gasteiger partial charge in [0, 0.05) is 41.3 Å². The minimum Gasteiger partial charge on any atom is -0.244 e. The molecule has 4 heteroatoms. The fraction of sp³-hybridized carbons (Fsp3) is 0.0732. The highest BCUT2D eigenvalue weighted by Crippen LogP contribution is 2.49. The van der Waals surface area contributed by atoms with Gasteiger partial charge in [-0.1, -0.05) is 86.6 Å². The van der Waals surface area contributed by atoms with Crippen LogP contribution in [0.4, 0.5) is 0 Å². The first-order valence-electron chi connectivity index (χ1n) is 15.2. The number of hydrogen-bond donors (Lipinski definition) is 0. The summed E-state index contributed by atoms with van der Waals surface area (Å²) < 4.78 is 0. The monoisotopic (exact) mass is 578 g/mol. The molecule has 8 rings (SSSR count). The maximum absolute atomic E-state index is 4.25. The summed E-state index contributed by atoms with van der Waals surface area (Å²) in [5.41, 5.74) is 16.5. The highest BCUT2D eigenvalue weighted by molar-refractivity contribution is 5.85. The van der Waals surface area contributed by atoms with Gasteiger partial charge in [-0.05, 0) is 103 Å². The molecule has 0 aliphatic heterocycles. The predicted molar refractivity (Wildman–Crippen MR) is 182 cm³/mol. The summed E-state index contributed by atoms with van der Waals surface area (Å²) in [6, 6.07) is 39.9. The van der Waals surface area contributed by atoms with E-state index < -0.39 is 0 Å². The van der Waals surface area contributed by atoms with Crippen molar-refractivity contribution in [2.75, 3.05) is 0 Å². The van der Waals surface area contributed by atoms with E-state index in [0.717, 1.165) is 33.4 Å². The van der Waals surface area contributed by atoms with Crippen LogP contribution >= 0.6 is 0 Å². The maximum atomic E-state index is 4.25. The first-order chi connectivity index (χ1) is 22.0. The van der Waals surface area contributed by atoms with Gasteiger partial charge in [0.05, 0.1) is 0 Å². The zero-order valence-electron chi connectivity index (χ0n) is 25.1. The molecule has 0 fully saturated rings. The summed E-state index contributed by atoms with van der Waals surface area (Å²) in [7, 11) is 0. The van der Waals surface area contributed by atoms with Crippen LogP contribution in [0.2, 0.25) is 0 Å².